The van der Waals surface area contributed by atoms with E-state index in [0.717, 1.165) is 37.2 Å². The van der Waals surface area contributed by atoms with Crippen molar-refractivity contribution in [1.29, 1.82) is 0 Å². The summed E-state index contributed by atoms with van der Waals surface area (Å²) in [6.45, 7) is 20.4. The molecule has 2 N–H and O–H groups in total. The summed E-state index contributed by atoms with van der Waals surface area (Å²) in [5.74, 6) is 0.0429. The summed E-state index contributed by atoms with van der Waals surface area (Å²) in [6.07, 6.45) is 6.17. The van der Waals surface area contributed by atoms with Crippen LogP contribution < -0.4 is 10.6 Å². The fraction of sp³-hybridized carbons (Fsp3) is 0.769. The summed E-state index contributed by atoms with van der Waals surface area (Å²) in [5.41, 5.74) is 1.87. The summed E-state index contributed by atoms with van der Waals surface area (Å²) >= 11 is 0. The van der Waals surface area contributed by atoms with Gasteiger partial charge in [0.05, 0.1) is 13.2 Å². The maximum absolute atomic E-state index is 12.0. The summed E-state index contributed by atoms with van der Waals surface area (Å²) in [6, 6.07) is 0.264. The molecule has 1 saturated carbocycles. The van der Waals surface area contributed by atoms with Gasteiger partial charge in [-0.25, -0.2) is 9.59 Å². The van der Waals surface area contributed by atoms with Crippen molar-refractivity contribution < 1.29 is 19.1 Å². The van der Waals surface area contributed by atoms with Crippen LogP contribution in [0.4, 0.5) is 0 Å². The fourth-order valence-electron chi connectivity index (χ4n) is 4.57. The number of ether oxygens (including phenoxy) is 2. The monoisotopic (exact) mass is 450 g/mol. The Morgan fingerprint density at radius 1 is 0.906 bits per heavy atom. The summed E-state index contributed by atoms with van der Waals surface area (Å²) < 4.78 is 10.5. The lowest BCUT2D eigenvalue weighted by molar-refractivity contribution is -0.139. The number of esters is 2. The second-order valence-electron chi connectivity index (χ2n) is 11.5. The standard InChI is InChI=1S/C26H46N2O4/c1-18(2)14-31-23(29)10-20(5)27-17-26(9)13-22(12-25(7,8)16-26)28-21(6)11-24(30)32-15-19(3)4/h10-11,18-19,22,27-28H,12-17H2,1-9H3/b20-10+,21-11+. The van der Waals surface area contributed by atoms with Crippen molar-refractivity contribution >= 4 is 11.9 Å². The normalized spacial score (nSPS) is 23.8. The minimum atomic E-state index is -0.303. The fourth-order valence-corrected chi connectivity index (χ4v) is 4.57. The van der Waals surface area contributed by atoms with Crippen LogP contribution in [0.2, 0.25) is 0 Å². The molecule has 1 fully saturated rings. The Morgan fingerprint density at radius 3 is 1.91 bits per heavy atom. The Balaban J connectivity index is 2.70. The molecule has 0 aromatic rings. The zero-order chi connectivity index (χ0) is 24.5. The number of allylic oxidation sites excluding steroid dienone is 2. The molecule has 2 unspecified atom stereocenters. The van der Waals surface area contributed by atoms with Crippen LogP contribution in [0.5, 0.6) is 0 Å². The van der Waals surface area contributed by atoms with E-state index in [2.05, 4.69) is 31.4 Å². The van der Waals surface area contributed by atoms with Crippen LogP contribution in [0.3, 0.4) is 0 Å². The van der Waals surface area contributed by atoms with E-state index in [1.807, 2.05) is 41.5 Å². The zero-order valence-corrected chi connectivity index (χ0v) is 21.8. The lowest BCUT2D eigenvalue weighted by Gasteiger charge is -2.47. The molecule has 1 aliphatic carbocycles. The first-order valence-corrected chi connectivity index (χ1v) is 11.9. The van der Waals surface area contributed by atoms with Crippen molar-refractivity contribution in [2.45, 2.75) is 87.6 Å². The van der Waals surface area contributed by atoms with E-state index in [1.54, 1.807) is 6.08 Å². The van der Waals surface area contributed by atoms with Crippen LogP contribution in [0.25, 0.3) is 0 Å². The number of nitrogens with one attached hydrogen (secondary N) is 2. The second-order valence-corrected chi connectivity index (χ2v) is 11.5. The molecule has 6 heteroatoms. The third-order valence-corrected chi connectivity index (χ3v) is 5.46. The molecule has 2 atom stereocenters. The van der Waals surface area contributed by atoms with E-state index < -0.39 is 0 Å². The minimum absolute atomic E-state index is 0.0504. The maximum atomic E-state index is 12.0. The molecule has 0 bridgehead atoms. The van der Waals surface area contributed by atoms with Gasteiger partial charge in [-0.1, -0.05) is 48.5 Å². The van der Waals surface area contributed by atoms with Gasteiger partial charge >= 0.3 is 11.9 Å². The van der Waals surface area contributed by atoms with Gasteiger partial charge in [-0.05, 0) is 55.8 Å². The first-order valence-electron chi connectivity index (χ1n) is 11.9. The highest BCUT2D eigenvalue weighted by molar-refractivity contribution is 5.83. The molecule has 0 aromatic heterocycles. The highest BCUT2D eigenvalue weighted by Gasteiger charge is 2.41. The average Bonchev–Trinajstić information content (AvgIpc) is 2.61. The molecular formula is C26H46N2O4. The van der Waals surface area contributed by atoms with Crippen LogP contribution in [0.15, 0.2) is 23.5 Å². The van der Waals surface area contributed by atoms with Gasteiger partial charge in [0.25, 0.3) is 0 Å². The van der Waals surface area contributed by atoms with Gasteiger partial charge in [0.15, 0.2) is 0 Å². The third kappa shape index (κ3) is 11.6. The van der Waals surface area contributed by atoms with Gasteiger partial charge in [0.1, 0.15) is 0 Å². The Kier molecular flexibility index (Phi) is 10.8. The molecule has 0 saturated heterocycles. The summed E-state index contributed by atoms with van der Waals surface area (Å²) in [7, 11) is 0. The van der Waals surface area contributed by atoms with Crippen LogP contribution in [-0.2, 0) is 19.1 Å². The third-order valence-electron chi connectivity index (χ3n) is 5.46. The molecule has 0 heterocycles. The van der Waals surface area contributed by atoms with Gasteiger partial charge in [0.2, 0.25) is 0 Å². The van der Waals surface area contributed by atoms with Crippen molar-refractivity contribution in [2.75, 3.05) is 19.8 Å². The molecule has 1 aliphatic rings. The van der Waals surface area contributed by atoms with Crippen LogP contribution >= 0.6 is 0 Å². The smallest absolute Gasteiger partial charge is 0.332 e. The molecule has 0 radical (unpaired) electrons. The van der Waals surface area contributed by atoms with Crippen molar-refractivity contribution in [1.82, 2.24) is 10.6 Å². The Morgan fingerprint density at radius 2 is 1.41 bits per heavy atom. The molecular weight excluding hydrogens is 404 g/mol. The van der Waals surface area contributed by atoms with Crippen molar-refractivity contribution in [2.24, 2.45) is 22.7 Å². The largest absolute Gasteiger partial charge is 0.462 e. The lowest BCUT2D eigenvalue weighted by Crippen LogP contribution is -2.48. The number of hydrogen-bond donors (Lipinski definition) is 2. The quantitative estimate of drug-likeness (QED) is 0.342. The van der Waals surface area contributed by atoms with E-state index in [1.165, 1.54) is 6.08 Å². The molecule has 0 aliphatic heterocycles. The highest BCUT2D eigenvalue weighted by Crippen LogP contribution is 2.46. The molecule has 0 aromatic carbocycles. The van der Waals surface area contributed by atoms with Gasteiger partial charge in [-0.15, -0.1) is 0 Å². The molecule has 0 spiro atoms. The van der Waals surface area contributed by atoms with Crippen molar-refractivity contribution in [3.8, 4) is 0 Å². The predicted molar refractivity (Wildman–Crippen MR) is 130 cm³/mol. The maximum Gasteiger partial charge on any atom is 0.332 e. The number of hydrogen-bond acceptors (Lipinski definition) is 6. The van der Waals surface area contributed by atoms with Gasteiger partial charge in [-0.3, -0.25) is 0 Å². The first-order chi connectivity index (χ1) is 14.7. The summed E-state index contributed by atoms with van der Waals surface area (Å²) in [5, 5.41) is 6.97. The van der Waals surface area contributed by atoms with Gasteiger partial charge in [0, 0.05) is 36.1 Å². The highest BCUT2D eigenvalue weighted by atomic mass is 16.5. The van der Waals surface area contributed by atoms with E-state index >= 15 is 0 Å². The molecule has 0 amide bonds. The van der Waals surface area contributed by atoms with Gasteiger partial charge in [-0.2, -0.15) is 0 Å². The van der Waals surface area contributed by atoms with Crippen molar-refractivity contribution in [3.05, 3.63) is 23.5 Å². The number of carbonyl (C=O) groups excluding carboxylic acids is 2. The van der Waals surface area contributed by atoms with Crippen LogP contribution in [0, 0.1) is 22.7 Å². The molecule has 184 valence electrons. The predicted octanol–water partition coefficient (Wildman–Crippen LogP) is 4.96. The minimum Gasteiger partial charge on any atom is -0.462 e. The number of carbonyl (C=O) groups is 2. The second kappa shape index (κ2) is 12.3. The average molecular weight is 451 g/mol. The lowest BCUT2D eigenvalue weighted by atomic mass is 9.62. The van der Waals surface area contributed by atoms with Crippen LogP contribution in [-0.4, -0.2) is 37.7 Å². The van der Waals surface area contributed by atoms with Crippen LogP contribution in [0.1, 0.15) is 81.6 Å². The van der Waals surface area contributed by atoms with E-state index in [4.69, 9.17) is 9.47 Å². The zero-order valence-electron chi connectivity index (χ0n) is 21.8. The Hall–Kier alpha value is -1.98. The molecule has 32 heavy (non-hydrogen) atoms. The van der Waals surface area contributed by atoms with E-state index in [9.17, 15) is 9.59 Å². The first kappa shape index (κ1) is 28.1. The Bertz CT molecular complexity index is 694. The number of rotatable bonds is 11. The Labute approximate surface area is 195 Å². The SMILES string of the molecule is C/C(=C\C(=O)OCC(C)C)NCC1(C)CC(N/C(C)=C/C(=O)OCC(C)C)CC(C)(C)C1. The van der Waals surface area contributed by atoms with Crippen molar-refractivity contribution in [3.63, 3.8) is 0 Å². The van der Waals surface area contributed by atoms with E-state index in [-0.39, 0.29) is 28.8 Å². The topological polar surface area (TPSA) is 76.7 Å². The summed E-state index contributed by atoms with van der Waals surface area (Å²) in [4.78, 5) is 24.0. The molecule has 6 nitrogen and oxygen atoms in total. The molecule has 1 rings (SSSR count). The van der Waals surface area contributed by atoms with E-state index in [0.29, 0.717) is 25.0 Å². The van der Waals surface area contributed by atoms with Gasteiger partial charge < -0.3 is 20.1 Å².